The molecule has 1 aliphatic heterocycles. The zero-order valence-corrected chi connectivity index (χ0v) is 14.7. The topological polar surface area (TPSA) is 50.2 Å². The Balaban J connectivity index is 1.90. The minimum Gasteiger partial charge on any atom is -0.340 e. The summed E-state index contributed by atoms with van der Waals surface area (Å²) >= 11 is 1.75. The van der Waals surface area contributed by atoms with Crippen LogP contribution in [0.2, 0.25) is 0 Å². The standard InChI is InChI=1S/C17H24N4OS/c1-3-21-16(22)14-12-5-4-11(2)10-13(12)23-15(14)19-17(21)20-8-6-18-7-9-20/h11,18H,3-10H2,1-2H3. The maximum atomic E-state index is 13.1. The maximum absolute atomic E-state index is 13.1. The Morgan fingerprint density at radius 2 is 2.13 bits per heavy atom. The molecule has 124 valence electrons. The molecule has 2 aromatic rings. The Labute approximate surface area is 140 Å². The fraction of sp³-hybridized carbons (Fsp3) is 0.647. The summed E-state index contributed by atoms with van der Waals surface area (Å²) < 4.78 is 1.87. The molecule has 0 amide bonds. The lowest BCUT2D eigenvalue weighted by molar-refractivity contribution is 0.509. The van der Waals surface area contributed by atoms with E-state index in [1.807, 2.05) is 11.5 Å². The van der Waals surface area contributed by atoms with Crippen molar-refractivity contribution in [3.8, 4) is 0 Å². The average Bonchev–Trinajstić information content (AvgIpc) is 2.93. The molecule has 0 saturated carbocycles. The van der Waals surface area contributed by atoms with Crippen LogP contribution in [0.25, 0.3) is 10.2 Å². The Morgan fingerprint density at radius 1 is 1.35 bits per heavy atom. The first kappa shape index (κ1) is 15.1. The first-order valence-corrected chi connectivity index (χ1v) is 9.51. The number of fused-ring (bicyclic) bond motifs is 3. The first-order chi connectivity index (χ1) is 11.2. The largest absolute Gasteiger partial charge is 0.340 e. The van der Waals surface area contributed by atoms with Gasteiger partial charge in [-0.3, -0.25) is 9.36 Å². The first-order valence-electron chi connectivity index (χ1n) is 8.69. The van der Waals surface area contributed by atoms with Gasteiger partial charge in [-0.25, -0.2) is 4.98 Å². The number of aryl methyl sites for hydroxylation is 1. The molecule has 2 aromatic heterocycles. The molecular formula is C17H24N4OS. The molecule has 4 rings (SSSR count). The molecule has 0 spiro atoms. The lowest BCUT2D eigenvalue weighted by atomic mass is 9.89. The lowest BCUT2D eigenvalue weighted by Gasteiger charge is -2.30. The summed E-state index contributed by atoms with van der Waals surface area (Å²) in [6, 6.07) is 0. The van der Waals surface area contributed by atoms with Gasteiger partial charge >= 0.3 is 0 Å². The number of piperazine rings is 1. The van der Waals surface area contributed by atoms with Crippen molar-refractivity contribution in [1.29, 1.82) is 0 Å². The van der Waals surface area contributed by atoms with Gasteiger partial charge in [-0.1, -0.05) is 6.92 Å². The monoisotopic (exact) mass is 332 g/mol. The zero-order valence-electron chi connectivity index (χ0n) is 13.9. The Hall–Kier alpha value is -1.40. The molecular weight excluding hydrogens is 308 g/mol. The predicted molar refractivity (Wildman–Crippen MR) is 95.8 cm³/mol. The van der Waals surface area contributed by atoms with E-state index in [1.165, 1.54) is 16.9 Å². The predicted octanol–water partition coefficient (Wildman–Crippen LogP) is 2.01. The molecule has 1 fully saturated rings. The molecule has 5 nitrogen and oxygen atoms in total. The van der Waals surface area contributed by atoms with Crippen molar-refractivity contribution in [3.05, 3.63) is 20.8 Å². The van der Waals surface area contributed by atoms with Crippen LogP contribution in [0, 0.1) is 5.92 Å². The second-order valence-electron chi connectivity index (χ2n) is 6.73. The number of aromatic nitrogens is 2. The highest BCUT2D eigenvalue weighted by Crippen LogP contribution is 2.36. The van der Waals surface area contributed by atoms with E-state index in [0.717, 1.165) is 61.1 Å². The van der Waals surface area contributed by atoms with Crippen molar-refractivity contribution in [1.82, 2.24) is 14.9 Å². The van der Waals surface area contributed by atoms with E-state index >= 15 is 0 Å². The molecule has 2 aliphatic rings. The van der Waals surface area contributed by atoms with Crippen LogP contribution in [0.5, 0.6) is 0 Å². The summed E-state index contributed by atoms with van der Waals surface area (Å²) in [6.07, 6.45) is 3.32. The highest BCUT2D eigenvalue weighted by atomic mass is 32.1. The second-order valence-corrected chi connectivity index (χ2v) is 7.81. The van der Waals surface area contributed by atoms with E-state index < -0.39 is 0 Å². The van der Waals surface area contributed by atoms with Crippen molar-refractivity contribution >= 4 is 27.5 Å². The SMILES string of the molecule is CCn1c(N2CCNCC2)nc2sc3c(c2c1=O)CCC(C)C3. The van der Waals surface area contributed by atoms with E-state index in [-0.39, 0.29) is 5.56 Å². The van der Waals surface area contributed by atoms with Gasteiger partial charge in [-0.2, -0.15) is 0 Å². The molecule has 0 bridgehead atoms. The van der Waals surface area contributed by atoms with Gasteiger partial charge < -0.3 is 10.2 Å². The average molecular weight is 332 g/mol. The van der Waals surface area contributed by atoms with Gasteiger partial charge in [0.1, 0.15) is 4.83 Å². The van der Waals surface area contributed by atoms with Crippen molar-refractivity contribution in [2.75, 3.05) is 31.1 Å². The van der Waals surface area contributed by atoms with Crippen LogP contribution in [0.3, 0.4) is 0 Å². The number of nitrogens with zero attached hydrogens (tertiary/aromatic N) is 3. The third-order valence-electron chi connectivity index (χ3n) is 5.11. The van der Waals surface area contributed by atoms with Crippen molar-refractivity contribution in [2.45, 2.75) is 39.7 Å². The molecule has 23 heavy (non-hydrogen) atoms. The summed E-state index contributed by atoms with van der Waals surface area (Å²) in [4.78, 5) is 22.7. The lowest BCUT2D eigenvalue weighted by Crippen LogP contribution is -2.46. The van der Waals surface area contributed by atoms with Gasteiger partial charge in [0.15, 0.2) is 0 Å². The van der Waals surface area contributed by atoms with E-state index in [0.29, 0.717) is 6.54 Å². The molecule has 3 heterocycles. The van der Waals surface area contributed by atoms with Gasteiger partial charge in [0.05, 0.1) is 5.39 Å². The molecule has 1 aliphatic carbocycles. The summed E-state index contributed by atoms with van der Waals surface area (Å²) in [6.45, 7) is 8.77. The second kappa shape index (κ2) is 5.91. The van der Waals surface area contributed by atoms with Crippen LogP contribution in [0.15, 0.2) is 4.79 Å². The quantitative estimate of drug-likeness (QED) is 0.914. The Kier molecular flexibility index (Phi) is 3.89. The van der Waals surface area contributed by atoms with Gasteiger partial charge in [0, 0.05) is 37.6 Å². The summed E-state index contributed by atoms with van der Waals surface area (Å²) in [5.74, 6) is 1.58. The van der Waals surface area contributed by atoms with E-state index in [1.54, 1.807) is 11.3 Å². The van der Waals surface area contributed by atoms with Crippen LogP contribution in [0.1, 0.15) is 30.7 Å². The smallest absolute Gasteiger partial charge is 0.263 e. The van der Waals surface area contributed by atoms with Gasteiger partial charge in [-0.05, 0) is 37.7 Å². The molecule has 1 N–H and O–H groups in total. The van der Waals surface area contributed by atoms with E-state index in [2.05, 4.69) is 17.1 Å². The number of nitrogens with one attached hydrogen (secondary N) is 1. The van der Waals surface area contributed by atoms with E-state index in [9.17, 15) is 4.79 Å². The Morgan fingerprint density at radius 3 is 2.87 bits per heavy atom. The molecule has 1 saturated heterocycles. The van der Waals surface area contributed by atoms with Crippen LogP contribution < -0.4 is 15.8 Å². The molecule has 6 heteroatoms. The summed E-state index contributed by atoms with van der Waals surface area (Å²) in [5.41, 5.74) is 1.45. The van der Waals surface area contributed by atoms with Crippen molar-refractivity contribution < 1.29 is 0 Å². The van der Waals surface area contributed by atoms with Crippen LogP contribution in [-0.2, 0) is 19.4 Å². The highest BCUT2D eigenvalue weighted by molar-refractivity contribution is 7.18. The fourth-order valence-electron chi connectivity index (χ4n) is 3.80. The Bertz CT molecular complexity index is 788. The molecule has 1 atom stereocenters. The fourth-order valence-corrected chi connectivity index (χ4v) is 5.17. The number of anilines is 1. The minimum atomic E-state index is 0.165. The van der Waals surface area contributed by atoms with Crippen molar-refractivity contribution in [3.63, 3.8) is 0 Å². The number of thiophene rings is 1. The molecule has 1 unspecified atom stereocenters. The zero-order chi connectivity index (χ0) is 16.0. The van der Waals surface area contributed by atoms with Gasteiger partial charge in [0.2, 0.25) is 5.95 Å². The van der Waals surface area contributed by atoms with Crippen molar-refractivity contribution in [2.24, 2.45) is 5.92 Å². The summed E-state index contributed by atoms with van der Waals surface area (Å²) in [5, 5.41) is 4.26. The van der Waals surface area contributed by atoms with Gasteiger partial charge in [-0.15, -0.1) is 11.3 Å². The van der Waals surface area contributed by atoms with Crippen LogP contribution in [-0.4, -0.2) is 35.7 Å². The van der Waals surface area contributed by atoms with Crippen LogP contribution in [0.4, 0.5) is 5.95 Å². The number of rotatable bonds is 2. The third kappa shape index (κ3) is 2.48. The molecule has 0 radical (unpaired) electrons. The summed E-state index contributed by atoms with van der Waals surface area (Å²) in [7, 11) is 0. The molecule has 0 aromatic carbocycles. The normalized spacial score (nSPS) is 21.7. The van der Waals surface area contributed by atoms with Gasteiger partial charge in [0.25, 0.3) is 5.56 Å². The van der Waals surface area contributed by atoms with E-state index in [4.69, 9.17) is 4.98 Å². The van der Waals surface area contributed by atoms with Crippen LogP contribution >= 0.6 is 11.3 Å². The number of hydrogen-bond donors (Lipinski definition) is 1. The minimum absolute atomic E-state index is 0.165. The third-order valence-corrected chi connectivity index (χ3v) is 6.26. The highest BCUT2D eigenvalue weighted by Gasteiger charge is 2.25. The maximum Gasteiger partial charge on any atom is 0.263 e. The number of hydrogen-bond acceptors (Lipinski definition) is 5.